The minimum Gasteiger partial charge on any atom is -0.339 e. The molecule has 5 rings (SSSR count). The Balaban J connectivity index is 1.29. The first kappa shape index (κ1) is 21.6. The fourth-order valence-electron chi connectivity index (χ4n) is 5.23. The first-order valence-electron chi connectivity index (χ1n) is 12.2. The molecule has 5 nitrogen and oxygen atoms in total. The van der Waals surface area contributed by atoms with Crippen LogP contribution >= 0.6 is 0 Å². The van der Waals surface area contributed by atoms with Crippen molar-refractivity contribution in [1.29, 1.82) is 0 Å². The first-order chi connectivity index (χ1) is 16.2. The van der Waals surface area contributed by atoms with Crippen molar-refractivity contribution in [3.8, 4) is 0 Å². The van der Waals surface area contributed by atoms with Gasteiger partial charge >= 0.3 is 0 Å². The van der Waals surface area contributed by atoms with E-state index in [9.17, 15) is 9.59 Å². The van der Waals surface area contributed by atoms with Crippen LogP contribution in [0.2, 0.25) is 0 Å². The third-order valence-corrected chi connectivity index (χ3v) is 7.12. The molecule has 0 bridgehead atoms. The zero-order chi connectivity index (χ0) is 22.6. The highest BCUT2D eigenvalue weighted by Crippen LogP contribution is 2.24. The topological polar surface area (TPSA) is 54.7 Å². The Morgan fingerprint density at radius 2 is 1.52 bits per heavy atom. The largest absolute Gasteiger partial charge is 0.339 e. The molecular formula is C28H31N3O2. The predicted octanol–water partition coefficient (Wildman–Crippen LogP) is 5.07. The van der Waals surface area contributed by atoms with Crippen LogP contribution in [-0.2, 0) is 0 Å². The van der Waals surface area contributed by atoms with Gasteiger partial charge in [0.2, 0.25) is 5.91 Å². The van der Waals surface area contributed by atoms with Crippen LogP contribution in [0.3, 0.4) is 0 Å². The van der Waals surface area contributed by atoms with Crippen LogP contribution in [-0.4, -0.2) is 40.4 Å². The summed E-state index contributed by atoms with van der Waals surface area (Å²) in [7, 11) is 0. The molecular weight excluding hydrogens is 410 g/mol. The molecule has 0 spiro atoms. The van der Waals surface area contributed by atoms with Crippen molar-refractivity contribution in [1.82, 2.24) is 9.47 Å². The van der Waals surface area contributed by atoms with E-state index in [-0.39, 0.29) is 17.7 Å². The smallest absolute Gasteiger partial charge is 0.254 e. The lowest BCUT2D eigenvalue weighted by atomic mass is 9.94. The molecule has 2 aliphatic rings. The van der Waals surface area contributed by atoms with Gasteiger partial charge in [-0.1, -0.05) is 61.7 Å². The number of hydrogen-bond acceptors (Lipinski definition) is 3. The molecule has 0 atom stereocenters. The molecule has 5 heteroatoms. The van der Waals surface area contributed by atoms with Crippen LogP contribution in [0.4, 0.5) is 0 Å². The molecule has 1 aliphatic heterocycles. The third kappa shape index (κ3) is 4.63. The van der Waals surface area contributed by atoms with Gasteiger partial charge in [-0.2, -0.15) is 0 Å². The van der Waals surface area contributed by atoms with E-state index in [0.717, 1.165) is 34.7 Å². The Labute approximate surface area is 194 Å². The van der Waals surface area contributed by atoms with Gasteiger partial charge in [-0.05, 0) is 54.7 Å². The molecule has 2 fully saturated rings. The quantitative estimate of drug-likeness (QED) is 0.570. The average Bonchev–Trinajstić information content (AvgIpc) is 2.88. The van der Waals surface area contributed by atoms with E-state index >= 15 is 0 Å². The molecule has 33 heavy (non-hydrogen) atoms. The van der Waals surface area contributed by atoms with Gasteiger partial charge in [0.05, 0.1) is 6.04 Å². The number of piperidine rings is 1. The lowest BCUT2D eigenvalue weighted by Crippen LogP contribution is -2.43. The molecule has 1 aromatic heterocycles. The Bertz CT molecular complexity index is 1210. The summed E-state index contributed by atoms with van der Waals surface area (Å²) in [6.45, 7) is 1.20. The standard InChI is InChI=1S/C28H31N3O2/c32-27(31-18-7-6-15-26(31)29-23-11-2-1-3-12-23)22-16-19-30(20-17-22)28(33)25-14-8-10-21-9-4-5-13-24(21)25/h4-10,13-15,18,22-23H,1-3,11-12,16-17,19-20H2. The van der Waals surface area contributed by atoms with Gasteiger partial charge in [0.25, 0.3) is 5.91 Å². The zero-order valence-corrected chi connectivity index (χ0v) is 19.0. The molecule has 1 saturated heterocycles. The minimum atomic E-state index is -0.0886. The van der Waals surface area contributed by atoms with Gasteiger partial charge in [-0.25, -0.2) is 0 Å². The highest BCUT2D eigenvalue weighted by Gasteiger charge is 2.29. The number of nitrogens with zero attached hydrogens (tertiary/aromatic N) is 3. The van der Waals surface area contributed by atoms with Gasteiger partial charge in [-0.15, -0.1) is 0 Å². The maximum absolute atomic E-state index is 13.4. The molecule has 2 aromatic carbocycles. The summed E-state index contributed by atoms with van der Waals surface area (Å²) in [5, 5.41) is 2.06. The van der Waals surface area contributed by atoms with Crippen LogP contribution < -0.4 is 5.49 Å². The number of fused-ring (bicyclic) bond motifs is 1. The second-order valence-electron chi connectivity index (χ2n) is 9.28. The van der Waals surface area contributed by atoms with Crippen LogP contribution in [0, 0.1) is 5.92 Å². The van der Waals surface area contributed by atoms with Crippen molar-refractivity contribution in [2.24, 2.45) is 10.9 Å². The van der Waals surface area contributed by atoms with Crippen molar-refractivity contribution >= 4 is 22.6 Å². The van der Waals surface area contributed by atoms with Crippen molar-refractivity contribution < 1.29 is 9.59 Å². The van der Waals surface area contributed by atoms with Gasteiger partial charge in [0, 0.05) is 30.8 Å². The van der Waals surface area contributed by atoms with E-state index in [1.165, 1.54) is 19.3 Å². The van der Waals surface area contributed by atoms with Gasteiger partial charge in [0.1, 0.15) is 5.49 Å². The summed E-state index contributed by atoms with van der Waals surface area (Å²) in [5.41, 5.74) is 1.51. The molecule has 1 amide bonds. The van der Waals surface area contributed by atoms with E-state index < -0.39 is 0 Å². The summed E-state index contributed by atoms with van der Waals surface area (Å²) in [6.07, 6.45) is 9.15. The highest BCUT2D eigenvalue weighted by atomic mass is 16.2. The molecule has 2 heterocycles. The summed E-state index contributed by atoms with van der Waals surface area (Å²) < 4.78 is 1.74. The number of rotatable bonds is 3. The van der Waals surface area contributed by atoms with Crippen LogP contribution in [0.5, 0.6) is 0 Å². The number of benzene rings is 2. The summed E-state index contributed by atoms with van der Waals surface area (Å²) in [4.78, 5) is 33.5. The molecule has 0 N–H and O–H groups in total. The van der Waals surface area contributed by atoms with E-state index in [2.05, 4.69) is 0 Å². The third-order valence-electron chi connectivity index (χ3n) is 7.12. The SMILES string of the molecule is O=C(c1cccc2ccccc12)N1CCC(C(=O)n2ccccc2=NC2CCCCC2)CC1. The van der Waals surface area contributed by atoms with E-state index in [1.54, 1.807) is 4.57 Å². The number of hydrogen-bond donors (Lipinski definition) is 0. The summed E-state index contributed by atoms with van der Waals surface area (Å²) in [5.74, 6) is 0.0646. The Morgan fingerprint density at radius 3 is 2.33 bits per heavy atom. The summed E-state index contributed by atoms with van der Waals surface area (Å²) in [6, 6.07) is 20.0. The lowest BCUT2D eigenvalue weighted by molar-refractivity contribution is 0.0619. The molecule has 3 aromatic rings. The Hall–Kier alpha value is -3.21. The minimum absolute atomic E-state index is 0.0538. The molecule has 1 saturated carbocycles. The zero-order valence-electron chi connectivity index (χ0n) is 19.0. The molecule has 0 radical (unpaired) electrons. The molecule has 1 aliphatic carbocycles. The van der Waals surface area contributed by atoms with Gasteiger partial charge in [0.15, 0.2) is 0 Å². The normalized spacial score (nSPS) is 18.5. The maximum Gasteiger partial charge on any atom is 0.254 e. The molecule has 170 valence electrons. The van der Waals surface area contributed by atoms with Crippen molar-refractivity contribution in [2.75, 3.05) is 13.1 Å². The number of carbonyl (C=O) groups excluding carboxylic acids is 2. The Morgan fingerprint density at radius 1 is 0.788 bits per heavy atom. The Kier molecular flexibility index (Phi) is 6.38. The summed E-state index contributed by atoms with van der Waals surface area (Å²) >= 11 is 0. The fourth-order valence-corrected chi connectivity index (χ4v) is 5.23. The van der Waals surface area contributed by atoms with E-state index in [0.29, 0.717) is 32.0 Å². The van der Waals surface area contributed by atoms with Crippen LogP contribution in [0.25, 0.3) is 10.8 Å². The van der Waals surface area contributed by atoms with Crippen molar-refractivity contribution in [3.63, 3.8) is 0 Å². The van der Waals surface area contributed by atoms with Crippen molar-refractivity contribution in [3.05, 3.63) is 77.9 Å². The second kappa shape index (κ2) is 9.74. The number of carbonyl (C=O) groups is 2. The number of amides is 1. The van der Waals surface area contributed by atoms with Crippen LogP contribution in [0.15, 0.2) is 71.9 Å². The first-order valence-corrected chi connectivity index (χ1v) is 12.2. The number of likely N-dealkylation sites (tertiary alicyclic amines) is 1. The lowest BCUT2D eigenvalue weighted by Gasteiger charge is -2.32. The second-order valence-corrected chi connectivity index (χ2v) is 9.28. The predicted molar refractivity (Wildman–Crippen MR) is 130 cm³/mol. The van der Waals surface area contributed by atoms with Gasteiger partial charge < -0.3 is 4.90 Å². The average molecular weight is 442 g/mol. The van der Waals surface area contributed by atoms with Crippen molar-refractivity contribution in [2.45, 2.75) is 51.0 Å². The number of aromatic nitrogens is 1. The van der Waals surface area contributed by atoms with Gasteiger partial charge in [-0.3, -0.25) is 19.1 Å². The monoisotopic (exact) mass is 441 g/mol. The maximum atomic E-state index is 13.4. The van der Waals surface area contributed by atoms with Crippen LogP contribution in [0.1, 0.15) is 60.1 Å². The highest BCUT2D eigenvalue weighted by molar-refractivity contribution is 6.07. The fraction of sp³-hybridized carbons (Fsp3) is 0.393. The number of pyridine rings is 1. The van der Waals surface area contributed by atoms with E-state index in [4.69, 9.17) is 4.99 Å². The molecule has 0 unspecified atom stereocenters. The van der Waals surface area contributed by atoms with E-state index in [1.807, 2.05) is 71.8 Å².